The lowest BCUT2D eigenvalue weighted by molar-refractivity contribution is -0.126. The van der Waals surface area contributed by atoms with Crippen LogP contribution in [0, 0.1) is 0 Å². The third kappa shape index (κ3) is 4.87. The number of guanidine groups is 2. The summed E-state index contributed by atoms with van der Waals surface area (Å²) < 4.78 is 0. The molecule has 1 spiro atoms. The van der Waals surface area contributed by atoms with Gasteiger partial charge in [0.05, 0.1) is 0 Å². The summed E-state index contributed by atoms with van der Waals surface area (Å²) in [5, 5.41) is 0. The molecule has 2 aromatic rings. The van der Waals surface area contributed by atoms with Crippen LogP contribution >= 0.6 is 0 Å². The predicted molar refractivity (Wildman–Crippen MR) is 142 cm³/mol. The van der Waals surface area contributed by atoms with Crippen LogP contribution in [0.3, 0.4) is 0 Å². The van der Waals surface area contributed by atoms with E-state index in [0.717, 1.165) is 55.7 Å². The summed E-state index contributed by atoms with van der Waals surface area (Å²) in [5.74, 6) is 0.729. The van der Waals surface area contributed by atoms with Crippen molar-refractivity contribution < 1.29 is 4.79 Å². The van der Waals surface area contributed by atoms with E-state index in [-0.39, 0.29) is 11.9 Å². The van der Waals surface area contributed by atoms with Gasteiger partial charge in [0.25, 0.3) is 0 Å². The molecule has 0 unspecified atom stereocenters. The van der Waals surface area contributed by atoms with E-state index in [1.807, 2.05) is 41.3 Å². The third-order valence-corrected chi connectivity index (χ3v) is 7.13. The highest BCUT2D eigenvalue weighted by molar-refractivity contribution is 6.05. The Hall–Kier alpha value is -3.81. The molecule has 2 aliphatic heterocycles. The number of amides is 1. The fourth-order valence-corrected chi connectivity index (χ4v) is 5.33. The van der Waals surface area contributed by atoms with Gasteiger partial charge in [-0.2, -0.15) is 4.99 Å². The minimum Gasteiger partial charge on any atom is -0.369 e. The minimum absolute atomic E-state index is 0.0568. The van der Waals surface area contributed by atoms with E-state index >= 15 is 0 Å². The van der Waals surface area contributed by atoms with Crippen LogP contribution in [0.5, 0.6) is 0 Å². The van der Waals surface area contributed by atoms with Crippen molar-refractivity contribution in [1.82, 2.24) is 4.90 Å². The lowest BCUT2D eigenvalue weighted by Crippen LogP contribution is -2.58. The Balaban J connectivity index is 1.23. The first-order chi connectivity index (χ1) is 17.0. The number of benzene rings is 2. The molecule has 1 amide bonds. The fraction of sp³-hybridized carbons (Fsp3) is 0.370. The second kappa shape index (κ2) is 9.82. The van der Waals surface area contributed by atoms with Gasteiger partial charge < -0.3 is 21.3 Å². The summed E-state index contributed by atoms with van der Waals surface area (Å²) >= 11 is 0. The number of hydrogen-bond acceptors (Lipinski definition) is 7. The second-order valence-electron chi connectivity index (χ2n) is 9.39. The molecule has 8 nitrogen and oxygen atoms in total. The number of nitrogens with two attached hydrogens (primary N) is 2. The molecule has 5 rings (SSSR count). The number of carbonyl (C=O) groups is 1. The molecule has 3 aliphatic rings. The van der Waals surface area contributed by atoms with E-state index in [1.165, 1.54) is 6.42 Å². The van der Waals surface area contributed by atoms with Gasteiger partial charge in [-0.1, -0.05) is 36.8 Å². The van der Waals surface area contributed by atoms with Crippen LogP contribution in [-0.4, -0.2) is 54.6 Å². The molecule has 2 heterocycles. The first-order valence-electron chi connectivity index (χ1n) is 12.4. The number of rotatable bonds is 4. The zero-order chi connectivity index (χ0) is 24.3. The SMILES string of the molecule is NC1=NC2(CCCCC2)N(c2ccc(N3CCN(C(=O)C=Cc4ccccc4)CC3)cc2)C(N)=N1. The van der Waals surface area contributed by atoms with Gasteiger partial charge in [-0.15, -0.1) is 0 Å². The summed E-state index contributed by atoms with van der Waals surface area (Å²) in [6.45, 7) is 2.98. The molecule has 2 fully saturated rings. The Morgan fingerprint density at radius 2 is 1.51 bits per heavy atom. The van der Waals surface area contributed by atoms with E-state index in [0.29, 0.717) is 19.0 Å². The van der Waals surface area contributed by atoms with Gasteiger partial charge in [0, 0.05) is 43.6 Å². The first-order valence-corrected chi connectivity index (χ1v) is 12.4. The van der Waals surface area contributed by atoms with Crippen LogP contribution in [-0.2, 0) is 4.79 Å². The first kappa shape index (κ1) is 23.0. The number of carbonyl (C=O) groups excluding carboxylic acids is 1. The maximum atomic E-state index is 12.6. The number of aliphatic imine (C=N–C) groups is 2. The average Bonchev–Trinajstić information content (AvgIpc) is 2.88. The van der Waals surface area contributed by atoms with Crippen molar-refractivity contribution in [3.63, 3.8) is 0 Å². The molecule has 1 aliphatic carbocycles. The number of nitrogens with zero attached hydrogens (tertiary/aromatic N) is 5. The highest BCUT2D eigenvalue weighted by atomic mass is 16.2. The third-order valence-electron chi connectivity index (χ3n) is 7.13. The molecular formula is C27H33N7O. The van der Waals surface area contributed by atoms with Crippen molar-refractivity contribution in [2.45, 2.75) is 37.8 Å². The van der Waals surface area contributed by atoms with E-state index in [9.17, 15) is 4.79 Å². The molecule has 182 valence electrons. The van der Waals surface area contributed by atoms with Gasteiger partial charge in [-0.05, 0) is 61.6 Å². The zero-order valence-corrected chi connectivity index (χ0v) is 20.0. The highest BCUT2D eigenvalue weighted by Crippen LogP contribution is 2.39. The fourth-order valence-electron chi connectivity index (χ4n) is 5.33. The van der Waals surface area contributed by atoms with Gasteiger partial charge in [-0.3, -0.25) is 9.69 Å². The van der Waals surface area contributed by atoms with E-state index in [1.54, 1.807) is 6.08 Å². The van der Waals surface area contributed by atoms with Crippen LogP contribution in [0.2, 0.25) is 0 Å². The molecule has 0 radical (unpaired) electrons. The number of piperazine rings is 1. The summed E-state index contributed by atoms with van der Waals surface area (Å²) in [6, 6.07) is 18.3. The van der Waals surface area contributed by atoms with Crippen molar-refractivity contribution in [1.29, 1.82) is 0 Å². The Kier molecular flexibility index (Phi) is 6.44. The van der Waals surface area contributed by atoms with Gasteiger partial charge in [0.1, 0.15) is 5.66 Å². The zero-order valence-electron chi connectivity index (χ0n) is 20.0. The monoisotopic (exact) mass is 471 g/mol. The van der Waals surface area contributed by atoms with E-state index < -0.39 is 5.66 Å². The number of anilines is 2. The number of hydrogen-bond donors (Lipinski definition) is 2. The normalized spacial score (nSPS) is 20.2. The molecule has 1 saturated heterocycles. The maximum absolute atomic E-state index is 12.6. The highest BCUT2D eigenvalue weighted by Gasteiger charge is 2.42. The largest absolute Gasteiger partial charge is 0.369 e. The van der Waals surface area contributed by atoms with Crippen LogP contribution < -0.4 is 21.3 Å². The summed E-state index contributed by atoms with van der Waals surface area (Å²) in [7, 11) is 0. The molecule has 8 heteroatoms. The predicted octanol–water partition coefficient (Wildman–Crippen LogP) is 3.16. The van der Waals surface area contributed by atoms with Gasteiger partial charge in [-0.25, -0.2) is 4.99 Å². The Bertz CT molecular complexity index is 1130. The molecule has 2 aromatic carbocycles. The molecule has 0 bridgehead atoms. The van der Waals surface area contributed by atoms with Crippen molar-refractivity contribution in [2.24, 2.45) is 21.5 Å². The Morgan fingerprint density at radius 3 is 2.20 bits per heavy atom. The quantitative estimate of drug-likeness (QED) is 0.667. The molecule has 0 atom stereocenters. The summed E-state index contributed by atoms with van der Waals surface area (Å²) in [5.41, 5.74) is 15.1. The molecular weight excluding hydrogens is 438 g/mol. The van der Waals surface area contributed by atoms with Crippen LogP contribution in [0.4, 0.5) is 11.4 Å². The van der Waals surface area contributed by atoms with Gasteiger partial charge in [0.2, 0.25) is 17.8 Å². The molecule has 1 saturated carbocycles. The molecule has 4 N–H and O–H groups in total. The average molecular weight is 472 g/mol. The van der Waals surface area contributed by atoms with Crippen molar-refractivity contribution in [3.8, 4) is 0 Å². The lowest BCUT2D eigenvalue weighted by atomic mass is 9.87. The van der Waals surface area contributed by atoms with Crippen LogP contribution in [0.15, 0.2) is 70.7 Å². The van der Waals surface area contributed by atoms with Gasteiger partial charge in [0.15, 0.2) is 0 Å². The van der Waals surface area contributed by atoms with E-state index in [2.05, 4.69) is 39.1 Å². The van der Waals surface area contributed by atoms with E-state index in [4.69, 9.17) is 16.5 Å². The van der Waals surface area contributed by atoms with Crippen molar-refractivity contribution in [2.75, 3.05) is 36.0 Å². The second-order valence-corrected chi connectivity index (χ2v) is 9.39. The molecule has 0 aromatic heterocycles. The maximum Gasteiger partial charge on any atom is 0.246 e. The standard InChI is InChI=1S/C27H33N7O/c28-25-30-26(29)34(27(31-25)15-5-2-6-16-27)23-12-10-22(11-13-23)32-17-19-33(20-18-32)24(35)14-9-21-7-3-1-4-8-21/h1,3-4,7-14H,2,5-6,15-20H2,(H4,28,29,30,31). The van der Waals surface area contributed by atoms with Crippen LogP contribution in [0.1, 0.15) is 37.7 Å². The van der Waals surface area contributed by atoms with Crippen LogP contribution in [0.25, 0.3) is 6.08 Å². The smallest absolute Gasteiger partial charge is 0.246 e. The summed E-state index contributed by atoms with van der Waals surface area (Å²) in [4.78, 5) is 27.9. The lowest BCUT2D eigenvalue weighted by Gasteiger charge is -2.45. The van der Waals surface area contributed by atoms with Crippen molar-refractivity contribution >= 4 is 35.3 Å². The Morgan fingerprint density at radius 1 is 0.857 bits per heavy atom. The van der Waals surface area contributed by atoms with Gasteiger partial charge >= 0.3 is 0 Å². The minimum atomic E-state index is -0.436. The van der Waals surface area contributed by atoms with Crippen molar-refractivity contribution in [3.05, 3.63) is 66.2 Å². The topological polar surface area (TPSA) is 104 Å². The Labute approximate surface area is 206 Å². The molecule has 35 heavy (non-hydrogen) atoms. The summed E-state index contributed by atoms with van der Waals surface area (Å²) in [6.07, 6.45) is 8.78.